The van der Waals surface area contributed by atoms with E-state index in [4.69, 9.17) is 4.74 Å². The molecule has 3 aromatic rings. The average molecular weight is 378 g/mol. The van der Waals surface area contributed by atoms with E-state index >= 15 is 0 Å². The van der Waals surface area contributed by atoms with Crippen molar-refractivity contribution < 1.29 is 9.53 Å². The van der Waals surface area contributed by atoms with Crippen LogP contribution in [0.3, 0.4) is 0 Å². The first-order chi connectivity index (χ1) is 13.8. The maximum absolute atomic E-state index is 13.4. The van der Waals surface area contributed by atoms with Crippen LogP contribution in [-0.4, -0.2) is 63.0 Å². The number of amides is 1. The Hall–Kier alpha value is -3.00. The molecule has 8 nitrogen and oxygen atoms in total. The first-order valence-corrected chi connectivity index (χ1v) is 9.67. The summed E-state index contributed by atoms with van der Waals surface area (Å²) in [7, 11) is 0. The zero-order valence-corrected chi connectivity index (χ0v) is 15.5. The number of nitrogens with one attached hydrogen (secondary N) is 1. The normalized spacial score (nSPS) is 22.7. The van der Waals surface area contributed by atoms with Gasteiger partial charge in [-0.25, -0.2) is 15.0 Å². The van der Waals surface area contributed by atoms with Crippen LogP contribution in [0.2, 0.25) is 0 Å². The van der Waals surface area contributed by atoms with Crippen molar-refractivity contribution in [1.82, 2.24) is 24.8 Å². The number of anilines is 1. The van der Waals surface area contributed by atoms with Gasteiger partial charge in [-0.15, -0.1) is 0 Å². The van der Waals surface area contributed by atoms with Gasteiger partial charge in [-0.1, -0.05) is 30.3 Å². The topological polar surface area (TPSA) is 87.2 Å². The number of hydrogen-bond donors (Lipinski definition) is 1. The minimum absolute atomic E-state index is 0.0767. The average Bonchev–Trinajstić information content (AvgIpc) is 3.43. The molecular weight excluding hydrogens is 356 g/mol. The van der Waals surface area contributed by atoms with Crippen LogP contribution < -0.4 is 4.90 Å². The SMILES string of the molecule is O=C([C@H]1CCCN1c1ncnc2nc[nH]c12)N1CCOC(c2ccccc2)C1. The third kappa shape index (κ3) is 2.99. The van der Waals surface area contributed by atoms with Gasteiger partial charge in [0.05, 0.1) is 19.5 Å². The van der Waals surface area contributed by atoms with E-state index in [1.54, 1.807) is 6.33 Å². The highest BCUT2D eigenvalue weighted by Gasteiger charge is 2.37. The molecule has 5 rings (SSSR count). The van der Waals surface area contributed by atoms with Crippen molar-refractivity contribution in [2.75, 3.05) is 31.1 Å². The molecule has 144 valence electrons. The van der Waals surface area contributed by atoms with Gasteiger partial charge in [-0.2, -0.15) is 0 Å². The number of H-pyrrole nitrogens is 1. The van der Waals surface area contributed by atoms with Gasteiger partial charge in [0, 0.05) is 13.1 Å². The molecule has 0 bridgehead atoms. The number of rotatable bonds is 3. The Morgan fingerprint density at radius 2 is 2.04 bits per heavy atom. The number of morpholine rings is 1. The summed E-state index contributed by atoms with van der Waals surface area (Å²) in [6.45, 7) is 2.55. The summed E-state index contributed by atoms with van der Waals surface area (Å²) in [6.07, 6.45) is 4.83. The van der Waals surface area contributed by atoms with Crippen LogP contribution in [0.4, 0.5) is 5.82 Å². The lowest BCUT2D eigenvalue weighted by molar-refractivity contribution is -0.140. The quantitative estimate of drug-likeness (QED) is 0.749. The first kappa shape index (κ1) is 17.1. The summed E-state index contributed by atoms with van der Waals surface area (Å²) in [6, 6.07) is 9.89. The third-order valence-corrected chi connectivity index (χ3v) is 5.56. The van der Waals surface area contributed by atoms with E-state index in [1.165, 1.54) is 6.33 Å². The summed E-state index contributed by atoms with van der Waals surface area (Å²) in [4.78, 5) is 33.4. The summed E-state index contributed by atoms with van der Waals surface area (Å²) >= 11 is 0. The Balaban J connectivity index is 1.37. The predicted octanol–water partition coefficient (Wildman–Crippen LogP) is 1.92. The van der Waals surface area contributed by atoms with Gasteiger partial charge in [0.1, 0.15) is 24.0 Å². The molecule has 1 aromatic carbocycles. The molecule has 1 N–H and O–H groups in total. The number of imidazole rings is 1. The molecule has 2 saturated heterocycles. The Labute approximate surface area is 162 Å². The second-order valence-corrected chi connectivity index (χ2v) is 7.20. The van der Waals surface area contributed by atoms with Crippen molar-refractivity contribution in [3.8, 4) is 0 Å². The smallest absolute Gasteiger partial charge is 0.245 e. The van der Waals surface area contributed by atoms with Gasteiger partial charge in [0.2, 0.25) is 5.91 Å². The number of carbonyl (C=O) groups excluding carboxylic acids is 1. The molecule has 1 unspecified atom stereocenters. The Kier molecular flexibility index (Phi) is 4.40. The number of nitrogens with zero attached hydrogens (tertiary/aromatic N) is 5. The standard InChI is InChI=1S/C20H22N6O2/c27-20(25-9-10-28-16(11-25)14-5-2-1-3-6-14)15-7-4-8-26(15)19-17-18(22-12-21-17)23-13-24-19/h1-3,5-6,12-13,15-16H,4,7-11H2,(H,21,22,23,24)/t15-,16?/m1/s1. The molecule has 28 heavy (non-hydrogen) atoms. The van der Waals surface area contributed by atoms with Crippen LogP contribution >= 0.6 is 0 Å². The minimum atomic E-state index is -0.212. The molecular formula is C20H22N6O2. The van der Waals surface area contributed by atoms with Gasteiger partial charge in [-0.05, 0) is 18.4 Å². The van der Waals surface area contributed by atoms with Crippen molar-refractivity contribution in [2.45, 2.75) is 25.0 Å². The molecule has 2 atom stereocenters. The molecule has 2 aromatic heterocycles. The highest BCUT2D eigenvalue weighted by molar-refractivity contribution is 5.90. The van der Waals surface area contributed by atoms with Crippen molar-refractivity contribution in [3.63, 3.8) is 0 Å². The second kappa shape index (κ2) is 7.20. The minimum Gasteiger partial charge on any atom is -0.370 e. The molecule has 2 aliphatic rings. The predicted molar refractivity (Wildman–Crippen MR) is 104 cm³/mol. The summed E-state index contributed by atoms with van der Waals surface area (Å²) < 4.78 is 5.92. The van der Waals surface area contributed by atoms with E-state index in [0.29, 0.717) is 25.3 Å². The molecule has 4 heterocycles. The summed E-state index contributed by atoms with van der Waals surface area (Å²) in [5, 5.41) is 0. The Morgan fingerprint density at radius 1 is 1.14 bits per heavy atom. The first-order valence-electron chi connectivity index (χ1n) is 9.67. The van der Waals surface area contributed by atoms with Crippen LogP contribution in [0.5, 0.6) is 0 Å². The molecule has 1 amide bonds. The molecule has 8 heteroatoms. The maximum Gasteiger partial charge on any atom is 0.245 e. The molecule has 2 fully saturated rings. The maximum atomic E-state index is 13.4. The zero-order chi connectivity index (χ0) is 18.9. The van der Waals surface area contributed by atoms with Crippen molar-refractivity contribution in [1.29, 1.82) is 0 Å². The van der Waals surface area contributed by atoms with E-state index in [2.05, 4.69) is 37.0 Å². The van der Waals surface area contributed by atoms with Crippen molar-refractivity contribution >= 4 is 22.9 Å². The van der Waals surface area contributed by atoms with Gasteiger partial charge < -0.3 is 19.5 Å². The third-order valence-electron chi connectivity index (χ3n) is 5.56. The number of aromatic amines is 1. The van der Waals surface area contributed by atoms with Crippen LogP contribution in [0.15, 0.2) is 43.0 Å². The number of fused-ring (bicyclic) bond motifs is 1. The van der Waals surface area contributed by atoms with Crippen LogP contribution in [0.25, 0.3) is 11.2 Å². The van der Waals surface area contributed by atoms with E-state index < -0.39 is 0 Å². The number of carbonyl (C=O) groups is 1. The van der Waals surface area contributed by atoms with Crippen LogP contribution in [-0.2, 0) is 9.53 Å². The lowest BCUT2D eigenvalue weighted by Gasteiger charge is -2.36. The largest absolute Gasteiger partial charge is 0.370 e. The van der Waals surface area contributed by atoms with Crippen LogP contribution in [0, 0.1) is 0 Å². The van der Waals surface area contributed by atoms with Gasteiger partial charge in [0.15, 0.2) is 11.5 Å². The number of hydrogen-bond acceptors (Lipinski definition) is 6. The fourth-order valence-electron chi connectivity index (χ4n) is 4.18. The molecule has 0 radical (unpaired) electrons. The van der Waals surface area contributed by atoms with E-state index in [9.17, 15) is 4.79 Å². The number of ether oxygens (including phenoxy) is 1. The Bertz CT molecular complexity index is 975. The lowest BCUT2D eigenvalue weighted by atomic mass is 10.1. The summed E-state index contributed by atoms with van der Waals surface area (Å²) in [5.74, 6) is 0.902. The Morgan fingerprint density at radius 3 is 2.93 bits per heavy atom. The highest BCUT2D eigenvalue weighted by atomic mass is 16.5. The molecule has 2 aliphatic heterocycles. The van der Waals surface area contributed by atoms with Gasteiger partial charge in [0.25, 0.3) is 0 Å². The van der Waals surface area contributed by atoms with Gasteiger partial charge >= 0.3 is 0 Å². The van der Waals surface area contributed by atoms with Gasteiger partial charge in [-0.3, -0.25) is 4.79 Å². The fourth-order valence-corrected chi connectivity index (χ4v) is 4.18. The molecule has 0 spiro atoms. The number of aromatic nitrogens is 4. The summed E-state index contributed by atoms with van der Waals surface area (Å²) in [5.41, 5.74) is 2.52. The number of benzene rings is 1. The van der Waals surface area contributed by atoms with Crippen LogP contribution in [0.1, 0.15) is 24.5 Å². The van der Waals surface area contributed by atoms with E-state index in [1.807, 2.05) is 23.1 Å². The second-order valence-electron chi connectivity index (χ2n) is 7.20. The molecule has 0 aliphatic carbocycles. The lowest BCUT2D eigenvalue weighted by Crippen LogP contribution is -2.50. The highest BCUT2D eigenvalue weighted by Crippen LogP contribution is 2.30. The van der Waals surface area contributed by atoms with E-state index in [-0.39, 0.29) is 18.1 Å². The fraction of sp³-hybridized carbons (Fsp3) is 0.400. The van der Waals surface area contributed by atoms with E-state index in [0.717, 1.165) is 36.3 Å². The monoisotopic (exact) mass is 378 g/mol. The van der Waals surface area contributed by atoms with Crippen molar-refractivity contribution in [3.05, 3.63) is 48.5 Å². The molecule has 0 saturated carbocycles. The van der Waals surface area contributed by atoms with Crippen molar-refractivity contribution in [2.24, 2.45) is 0 Å². The zero-order valence-electron chi connectivity index (χ0n) is 15.5.